The quantitative estimate of drug-likeness (QED) is 0.864. The summed E-state index contributed by atoms with van der Waals surface area (Å²) in [5, 5.41) is 3.22. The predicted octanol–water partition coefficient (Wildman–Crippen LogP) is 2.32. The van der Waals surface area contributed by atoms with Crippen molar-refractivity contribution in [2.45, 2.75) is 64.3 Å². The van der Waals surface area contributed by atoms with Gasteiger partial charge in [-0.15, -0.1) is 0 Å². The second-order valence-corrected chi connectivity index (χ2v) is 8.38. The highest BCUT2D eigenvalue weighted by Gasteiger charge is 2.32. The van der Waals surface area contributed by atoms with Gasteiger partial charge in [-0.25, -0.2) is 9.97 Å². The van der Waals surface area contributed by atoms with Crippen LogP contribution in [0.15, 0.2) is 0 Å². The molecular formula is C21H31N5O2. The molecule has 152 valence electrons. The molecule has 2 amide bonds. The zero-order valence-corrected chi connectivity index (χ0v) is 17.0. The van der Waals surface area contributed by atoms with E-state index in [0.29, 0.717) is 12.5 Å². The number of nitrogens with zero attached hydrogens (tertiary/aromatic N) is 4. The molecule has 28 heavy (non-hydrogen) atoms. The fourth-order valence-electron chi connectivity index (χ4n) is 4.90. The zero-order valence-electron chi connectivity index (χ0n) is 17.0. The van der Waals surface area contributed by atoms with E-state index < -0.39 is 0 Å². The van der Waals surface area contributed by atoms with E-state index in [-0.39, 0.29) is 17.7 Å². The van der Waals surface area contributed by atoms with Crippen molar-refractivity contribution in [2.75, 3.05) is 32.0 Å². The summed E-state index contributed by atoms with van der Waals surface area (Å²) in [4.78, 5) is 38.1. The Morgan fingerprint density at radius 3 is 2.36 bits per heavy atom. The summed E-state index contributed by atoms with van der Waals surface area (Å²) in [5.41, 5.74) is 2.11. The first-order valence-corrected chi connectivity index (χ1v) is 10.7. The second kappa shape index (κ2) is 8.05. The third-order valence-electron chi connectivity index (χ3n) is 6.64. The first-order valence-electron chi connectivity index (χ1n) is 10.7. The summed E-state index contributed by atoms with van der Waals surface area (Å²) < 4.78 is 0. The number of anilines is 1. The van der Waals surface area contributed by atoms with Gasteiger partial charge < -0.3 is 15.1 Å². The van der Waals surface area contributed by atoms with Crippen LogP contribution in [0.5, 0.6) is 0 Å². The van der Waals surface area contributed by atoms with Crippen molar-refractivity contribution in [3.8, 4) is 0 Å². The minimum atomic E-state index is 0.0931. The Morgan fingerprint density at radius 1 is 1.00 bits per heavy atom. The molecule has 0 aromatic carbocycles. The third-order valence-corrected chi connectivity index (χ3v) is 6.64. The van der Waals surface area contributed by atoms with Crippen LogP contribution in [0.25, 0.3) is 0 Å². The maximum atomic E-state index is 12.7. The van der Waals surface area contributed by atoms with Crippen LogP contribution in [-0.2, 0) is 22.6 Å². The molecule has 1 saturated heterocycles. The molecule has 1 aromatic heterocycles. The highest BCUT2D eigenvalue weighted by Crippen LogP contribution is 2.32. The summed E-state index contributed by atoms with van der Waals surface area (Å²) >= 11 is 0. The summed E-state index contributed by atoms with van der Waals surface area (Å²) in [5.74, 6) is 2.74. The van der Waals surface area contributed by atoms with Crippen LogP contribution in [0.1, 0.15) is 68.4 Å². The van der Waals surface area contributed by atoms with Crippen molar-refractivity contribution in [3.05, 3.63) is 17.1 Å². The van der Waals surface area contributed by atoms with Crippen molar-refractivity contribution in [3.63, 3.8) is 0 Å². The molecule has 1 N–H and O–H groups in total. The molecule has 1 aromatic rings. The smallest absolute Gasteiger partial charge is 0.225 e. The SMILES string of the molecule is CNc1nc(C2CCN(C(=O)C3CCCC3)CC2)nc2c1CCN(C(C)=O)C2. The van der Waals surface area contributed by atoms with Gasteiger partial charge in [-0.3, -0.25) is 9.59 Å². The Morgan fingerprint density at radius 2 is 1.71 bits per heavy atom. The summed E-state index contributed by atoms with van der Waals surface area (Å²) in [6.45, 7) is 4.50. The van der Waals surface area contributed by atoms with Crippen molar-refractivity contribution in [2.24, 2.45) is 5.92 Å². The number of hydrogen-bond donors (Lipinski definition) is 1. The molecule has 0 bridgehead atoms. The zero-order chi connectivity index (χ0) is 19.7. The molecule has 3 heterocycles. The average Bonchev–Trinajstić information content (AvgIpc) is 3.27. The van der Waals surface area contributed by atoms with Gasteiger partial charge in [0.05, 0.1) is 12.2 Å². The lowest BCUT2D eigenvalue weighted by Gasteiger charge is -2.34. The highest BCUT2D eigenvalue weighted by atomic mass is 16.2. The molecule has 3 aliphatic rings. The lowest BCUT2D eigenvalue weighted by Crippen LogP contribution is -2.41. The monoisotopic (exact) mass is 385 g/mol. The molecule has 2 fully saturated rings. The van der Waals surface area contributed by atoms with Gasteiger partial charge in [0, 0.05) is 51.0 Å². The number of aromatic nitrogens is 2. The maximum absolute atomic E-state index is 12.7. The lowest BCUT2D eigenvalue weighted by atomic mass is 9.94. The summed E-state index contributed by atoms with van der Waals surface area (Å²) in [7, 11) is 1.90. The van der Waals surface area contributed by atoms with Crippen LogP contribution in [0.2, 0.25) is 0 Å². The number of likely N-dealkylation sites (tertiary alicyclic amines) is 1. The Hall–Kier alpha value is -2.18. The van der Waals surface area contributed by atoms with Gasteiger partial charge in [0.25, 0.3) is 0 Å². The first kappa shape index (κ1) is 19.2. The van der Waals surface area contributed by atoms with Crippen molar-refractivity contribution in [1.82, 2.24) is 19.8 Å². The summed E-state index contributed by atoms with van der Waals surface area (Å²) in [6.07, 6.45) is 7.13. The van der Waals surface area contributed by atoms with Gasteiger partial charge in [0.15, 0.2) is 0 Å². The number of piperidine rings is 1. The fraction of sp³-hybridized carbons (Fsp3) is 0.714. The Labute approximate surface area is 166 Å². The van der Waals surface area contributed by atoms with Gasteiger partial charge >= 0.3 is 0 Å². The first-order chi connectivity index (χ1) is 13.6. The summed E-state index contributed by atoms with van der Waals surface area (Å²) in [6, 6.07) is 0. The maximum Gasteiger partial charge on any atom is 0.225 e. The van der Waals surface area contributed by atoms with E-state index in [9.17, 15) is 9.59 Å². The number of fused-ring (bicyclic) bond motifs is 1. The van der Waals surface area contributed by atoms with E-state index in [1.54, 1.807) is 6.92 Å². The van der Waals surface area contributed by atoms with Gasteiger partial charge in [-0.2, -0.15) is 0 Å². The minimum absolute atomic E-state index is 0.0931. The van der Waals surface area contributed by atoms with E-state index in [1.807, 2.05) is 11.9 Å². The molecule has 0 radical (unpaired) electrons. The molecule has 0 unspecified atom stereocenters. The second-order valence-electron chi connectivity index (χ2n) is 8.38. The Kier molecular flexibility index (Phi) is 5.51. The largest absolute Gasteiger partial charge is 0.373 e. The molecule has 0 spiro atoms. The third kappa shape index (κ3) is 3.71. The number of nitrogens with one attached hydrogen (secondary N) is 1. The van der Waals surface area contributed by atoms with Crippen molar-refractivity contribution in [1.29, 1.82) is 0 Å². The highest BCUT2D eigenvalue weighted by molar-refractivity contribution is 5.79. The molecular weight excluding hydrogens is 354 g/mol. The predicted molar refractivity (Wildman–Crippen MR) is 107 cm³/mol. The van der Waals surface area contributed by atoms with Gasteiger partial charge in [-0.1, -0.05) is 12.8 Å². The molecule has 4 rings (SSSR count). The molecule has 2 aliphatic heterocycles. The normalized spacial score (nSPS) is 20.9. The number of carbonyl (C=O) groups excluding carboxylic acids is 2. The van der Waals surface area contributed by atoms with Crippen LogP contribution < -0.4 is 5.32 Å². The number of carbonyl (C=O) groups is 2. The lowest BCUT2D eigenvalue weighted by molar-refractivity contribution is -0.136. The standard InChI is InChI=1S/C21H31N5O2/c1-14(27)26-12-9-17-18(13-26)23-19(24-20(17)22-2)15-7-10-25(11-8-15)21(28)16-5-3-4-6-16/h15-16H,3-13H2,1-2H3,(H,22,23,24). The number of amides is 2. The van der Waals surface area contributed by atoms with E-state index in [4.69, 9.17) is 9.97 Å². The molecule has 0 atom stereocenters. The van der Waals surface area contributed by atoms with E-state index in [2.05, 4.69) is 10.2 Å². The van der Waals surface area contributed by atoms with Crippen LogP contribution >= 0.6 is 0 Å². The molecule has 1 saturated carbocycles. The topological polar surface area (TPSA) is 78.4 Å². The Balaban J connectivity index is 1.47. The van der Waals surface area contributed by atoms with Crippen molar-refractivity contribution >= 4 is 17.6 Å². The van der Waals surface area contributed by atoms with Gasteiger partial charge in [0.2, 0.25) is 11.8 Å². The average molecular weight is 386 g/mol. The van der Waals surface area contributed by atoms with Crippen LogP contribution in [0.4, 0.5) is 5.82 Å². The van der Waals surface area contributed by atoms with Crippen LogP contribution in [0, 0.1) is 5.92 Å². The minimum Gasteiger partial charge on any atom is -0.373 e. The van der Waals surface area contributed by atoms with Crippen molar-refractivity contribution < 1.29 is 9.59 Å². The van der Waals surface area contributed by atoms with Crippen LogP contribution in [0.3, 0.4) is 0 Å². The molecule has 7 nitrogen and oxygen atoms in total. The molecule has 7 heteroatoms. The van der Waals surface area contributed by atoms with Gasteiger partial charge in [-0.05, 0) is 32.1 Å². The fourth-order valence-corrected chi connectivity index (χ4v) is 4.90. The van der Waals surface area contributed by atoms with Crippen LogP contribution in [-0.4, -0.2) is 58.3 Å². The van der Waals surface area contributed by atoms with E-state index in [0.717, 1.165) is 74.6 Å². The number of hydrogen-bond acceptors (Lipinski definition) is 5. The Bertz CT molecular complexity index is 751. The van der Waals surface area contributed by atoms with Gasteiger partial charge in [0.1, 0.15) is 11.6 Å². The van der Waals surface area contributed by atoms with E-state index in [1.165, 1.54) is 12.8 Å². The molecule has 1 aliphatic carbocycles. The number of rotatable bonds is 3. The van der Waals surface area contributed by atoms with E-state index >= 15 is 0 Å².